The molecule has 0 saturated carbocycles. The second-order valence-electron chi connectivity index (χ2n) is 11.6. The van der Waals surface area contributed by atoms with Crippen LogP contribution in [0.1, 0.15) is 83.9 Å². The highest BCUT2D eigenvalue weighted by atomic mass is 16.5. The summed E-state index contributed by atoms with van der Waals surface area (Å²) in [6, 6.07) is 16.9. The minimum absolute atomic E-state index is 0.0142. The highest BCUT2D eigenvalue weighted by Crippen LogP contribution is 2.19. The van der Waals surface area contributed by atoms with Crippen molar-refractivity contribution >= 4 is 12.2 Å². The summed E-state index contributed by atoms with van der Waals surface area (Å²) in [6.45, 7) is 18.2. The predicted molar refractivity (Wildman–Crippen MR) is 196 cm³/mol. The topological polar surface area (TPSA) is 104 Å². The van der Waals surface area contributed by atoms with Crippen molar-refractivity contribution in [3.63, 3.8) is 0 Å². The van der Waals surface area contributed by atoms with Crippen molar-refractivity contribution in [1.82, 2.24) is 26.6 Å². The summed E-state index contributed by atoms with van der Waals surface area (Å²) in [7, 11) is 1.80. The van der Waals surface area contributed by atoms with Crippen LogP contribution in [0, 0.1) is 6.92 Å². The van der Waals surface area contributed by atoms with E-state index in [1.54, 1.807) is 7.05 Å². The summed E-state index contributed by atoms with van der Waals surface area (Å²) in [6.07, 6.45) is 9.22. The zero-order valence-electron chi connectivity index (χ0n) is 30.1. The molecule has 0 aliphatic rings. The molecule has 0 aromatic heterocycles. The molecule has 0 radical (unpaired) electrons. The molecule has 0 aliphatic heterocycles. The molecule has 2 aromatic carbocycles. The third-order valence-electron chi connectivity index (χ3n) is 6.66. The number of aldehydes is 1. The molecule has 0 spiro atoms. The molecule has 0 heterocycles. The first-order valence-corrected chi connectivity index (χ1v) is 17.3. The van der Waals surface area contributed by atoms with Crippen molar-refractivity contribution in [3.8, 4) is 5.75 Å². The van der Waals surface area contributed by atoms with Gasteiger partial charge in [-0.15, -0.1) is 0 Å². The SMILES string of the molecule is CC/C=C(/CNCCOc1ccccc1CCCNC(=O)C(CNC(C)C)NC)NCC=O.CCC.CCCc1ccc(C)cc1. The Bertz CT molecular complexity index is 1060. The van der Waals surface area contributed by atoms with Gasteiger partial charge in [0.15, 0.2) is 0 Å². The van der Waals surface area contributed by atoms with E-state index in [1.165, 1.54) is 30.4 Å². The molecule has 46 heavy (non-hydrogen) atoms. The number of carbonyl (C=O) groups is 2. The first kappa shape index (κ1) is 42.8. The van der Waals surface area contributed by atoms with Gasteiger partial charge in [0.2, 0.25) is 5.91 Å². The van der Waals surface area contributed by atoms with E-state index < -0.39 is 0 Å². The Hall–Kier alpha value is -3.20. The third kappa shape index (κ3) is 22.3. The first-order chi connectivity index (χ1) is 22.3. The van der Waals surface area contributed by atoms with E-state index in [-0.39, 0.29) is 11.9 Å². The van der Waals surface area contributed by atoms with Crippen LogP contribution in [-0.2, 0) is 22.4 Å². The van der Waals surface area contributed by atoms with Crippen molar-refractivity contribution in [3.05, 3.63) is 77.0 Å². The molecular formula is C38H65N5O3. The lowest BCUT2D eigenvalue weighted by Crippen LogP contribution is -2.49. The number of allylic oxidation sites excluding steroid dienone is 1. The number of carbonyl (C=O) groups excluding carboxylic acids is 2. The molecule has 2 aromatic rings. The van der Waals surface area contributed by atoms with Crippen molar-refractivity contribution < 1.29 is 14.3 Å². The fourth-order valence-electron chi connectivity index (χ4n) is 4.27. The van der Waals surface area contributed by atoms with Gasteiger partial charge in [-0.05, 0) is 56.8 Å². The number of hydrogen-bond acceptors (Lipinski definition) is 7. The van der Waals surface area contributed by atoms with Crippen LogP contribution in [0.3, 0.4) is 0 Å². The second kappa shape index (κ2) is 29.2. The summed E-state index contributed by atoms with van der Waals surface area (Å²) in [5.41, 5.74) is 4.96. The summed E-state index contributed by atoms with van der Waals surface area (Å²) in [5, 5.41) is 15.8. The molecule has 1 atom stereocenters. The van der Waals surface area contributed by atoms with Gasteiger partial charge in [0.1, 0.15) is 18.6 Å². The van der Waals surface area contributed by atoms with E-state index in [2.05, 4.69) is 111 Å². The Morgan fingerprint density at radius 1 is 0.935 bits per heavy atom. The Labute approximate surface area is 280 Å². The largest absolute Gasteiger partial charge is 0.492 e. The molecular weight excluding hydrogens is 574 g/mol. The van der Waals surface area contributed by atoms with Crippen LogP contribution in [0.2, 0.25) is 0 Å². The minimum Gasteiger partial charge on any atom is -0.492 e. The van der Waals surface area contributed by atoms with E-state index in [1.807, 2.05) is 18.2 Å². The molecule has 0 saturated heterocycles. The van der Waals surface area contributed by atoms with E-state index in [0.717, 1.165) is 42.6 Å². The van der Waals surface area contributed by atoms with Crippen LogP contribution in [-0.4, -0.2) is 70.7 Å². The number of aryl methyl sites for hydroxylation is 3. The lowest BCUT2D eigenvalue weighted by Gasteiger charge is -2.18. The minimum atomic E-state index is -0.239. The smallest absolute Gasteiger partial charge is 0.238 e. The van der Waals surface area contributed by atoms with Gasteiger partial charge in [0, 0.05) is 37.9 Å². The molecule has 260 valence electrons. The van der Waals surface area contributed by atoms with Crippen LogP contribution >= 0.6 is 0 Å². The van der Waals surface area contributed by atoms with Crippen LogP contribution in [0.15, 0.2) is 60.3 Å². The lowest BCUT2D eigenvalue weighted by atomic mass is 10.1. The number of hydrogen-bond donors (Lipinski definition) is 5. The average Bonchev–Trinajstić information content (AvgIpc) is 3.04. The van der Waals surface area contributed by atoms with Crippen molar-refractivity contribution in [1.29, 1.82) is 0 Å². The number of nitrogens with one attached hydrogen (secondary N) is 5. The molecule has 2 rings (SSSR count). The second-order valence-corrected chi connectivity index (χ2v) is 11.6. The molecule has 0 aliphatic carbocycles. The summed E-state index contributed by atoms with van der Waals surface area (Å²) in [4.78, 5) is 22.9. The molecule has 8 nitrogen and oxygen atoms in total. The fourth-order valence-corrected chi connectivity index (χ4v) is 4.27. The Morgan fingerprint density at radius 3 is 2.24 bits per heavy atom. The highest BCUT2D eigenvalue weighted by molar-refractivity contribution is 5.81. The maximum Gasteiger partial charge on any atom is 0.238 e. The van der Waals surface area contributed by atoms with E-state index >= 15 is 0 Å². The zero-order valence-corrected chi connectivity index (χ0v) is 30.1. The average molecular weight is 640 g/mol. The maximum absolute atomic E-state index is 12.3. The van der Waals surface area contributed by atoms with E-state index in [9.17, 15) is 9.59 Å². The molecule has 1 unspecified atom stereocenters. The molecule has 1 amide bonds. The van der Waals surface area contributed by atoms with Gasteiger partial charge in [-0.25, -0.2) is 0 Å². The molecule has 0 bridgehead atoms. The zero-order chi connectivity index (χ0) is 34.4. The molecule has 8 heteroatoms. The normalized spacial score (nSPS) is 11.5. The first-order valence-electron chi connectivity index (χ1n) is 17.3. The van der Waals surface area contributed by atoms with Crippen LogP contribution in [0.25, 0.3) is 0 Å². The highest BCUT2D eigenvalue weighted by Gasteiger charge is 2.15. The molecule has 5 N–H and O–H groups in total. The van der Waals surface area contributed by atoms with Crippen molar-refractivity contribution in [2.45, 2.75) is 99.1 Å². The Kier molecular flexibility index (Phi) is 27.2. The van der Waals surface area contributed by atoms with Gasteiger partial charge in [-0.2, -0.15) is 0 Å². The van der Waals surface area contributed by atoms with Gasteiger partial charge in [0.25, 0.3) is 0 Å². The Balaban J connectivity index is 0.00000129. The van der Waals surface area contributed by atoms with Crippen LogP contribution in [0.4, 0.5) is 0 Å². The third-order valence-corrected chi connectivity index (χ3v) is 6.66. The fraction of sp³-hybridized carbons (Fsp3) is 0.579. The maximum atomic E-state index is 12.3. The lowest BCUT2D eigenvalue weighted by molar-refractivity contribution is -0.123. The van der Waals surface area contributed by atoms with Gasteiger partial charge in [-0.1, -0.05) is 108 Å². The van der Waals surface area contributed by atoms with E-state index in [4.69, 9.17) is 4.74 Å². The number of likely N-dealkylation sites (N-methyl/N-ethyl adjacent to an activating group) is 1. The van der Waals surface area contributed by atoms with Gasteiger partial charge in [0.05, 0.1) is 12.6 Å². The number of rotatable bonds is 21. The van der Waals surface area contributed by atoms with Gasteiger partial charge < -0.3 is 36.1 Å². The predicted octanol–water partition coefficient (Wildman–Crippen LogP) is 5.74. The molecule has 0 fully saturated rings. The van der Waals surface area contributed by atoms with Crippen molar-refractivity contribution in [2.24, 2.45) is 0 Å². The van der Waals surface area contributed by atoms with Gasteiger partial charge in [-0.3, -0.25) is 4.79 Å². The van der Waals surface area contributed by atoms with Crippen LogP contribution in [0.5, 0.6) is 5.75 Å². The number of benzene rings is 2. The van der Waals surface area contributed by atoms with E-state index in [0.29, 0.717) is 45.4 Å². The number of amides is 1. The number of para-hydroxylation sites is 1. The Morgan fingerprint density at radius 2 is 1.63 bits per heavy atom. The summed E-state index contributed by atoms with van der Waals surface area (Å²) < 4.78 is 5.98. The number of ether oxygens (including phenoxy) is 1. The van der Waals surface area contributed by atoms with Crippen molar-refractivity contribution in [2.75, 3.05) is 46.4 Å². The van der Waals surface area contributed by atoms with Crippen LogP contribution < -0.4 is 31.3 Å². The summed E-state index contributed by atoms with van der Waals surface area (Å²) >= 11 is 0. The monoisotopic (exact) mass is 640 g/mol. The quantitative estimate of drug-likeness (QED) is 0.0878. The van der Waals surface area contributed by atoms with Gasteiger partial charge >= 0.3 is 0 Å². The summed E-state index contributed by atoms with van der Waals surface area (Å²) in [5.74, 6) is 0.892. The standard InChI is InChI=1S/C25H43N5O3.C10H14.C3H8/c1-5-9-22(28-14-16-31)18-27-15-17-33-24-12-7-6-10-21(24)11-8-13-29-25(32)23(26-4)19-30-20(2)3;1-3-4-10-7-5-9(2)6-8-10;1-3-2/h6-7,9-10,12,16,20,23,26-28,30H,5,8,11,13-15,17-19H2,1-4H3,(H,29,32);5-8H,3-4H2,1-2H3;3H2,1-2H3/b22-9-;;.